The van der Waals surface area contributed by atoms with Crippen molar-refractivity contribution in [2.75, 3.05) is 6.16 Å². The molecule has 0 N–H and O–H groups in total. The van der Waals surface area contributed by atoms with E-state index in [2.05, 4.69) is 58.9 Å². The Morgan fingerprint density at radius 3 is 2.29 bits per heavy atom. The van der Waals surface area contributed by atoms with Crippen molar-refractivity contribution in [1.82, 2.24) is 0 Å². The van der Waals surface area contributed by atoms with Gasteiger partial charge in [0.1, 0.15) is 0 Å². The predicted molar refractivity (Wildman–Crippen MR) is 68.0 cm³/mol. The monoisotopic (exact) mass is 208 g/mol. The van der Waals surface area contributed by atoms with Crippen molar-refractivity contribution in [3.8, 4) is 0 Å². The summed E-state index contributed by atoms with van der Waals surface area (Å²) in [7, 11) is -0.0108. The summed E-state index contributed by atoms with van der Waals surface area (Å²) in [6.07, 6.45) is 1.28. The molecule has 0 aliphatic heterocycles. The molecule has 0 saturated heterocycles. The van der Waals surface area contributed by atoms with Crippen LogP contribution in [0.1, 0.15) is 33.3 Å². The molecular weight excluding hydrogens is 187 g/mol. The van der Waals surface area contributed by atoms with E-state index in [4.69, 9.17) is 0 Å². The van der Waals surface area contributed by atoms with Crippen LogP contribution in [0.15, 0.2) is 24.3 Å². The van der Waals surface area contributed by atoms with Gasteiger partial charge in [0.25, 0.3) is 0 Å². The van der Waals surface area contributed by atoms with E-state index in [1.165, 1.54) is 11.7 Å². The lowest BCUT2D eigenvalue weighted by atomic mass is 10.2. The fourth-order valence-corrected chi connectivity index (χ4v) is 4.55. The largest absolute Gasteiger partial charge is 0.0701 e. The van der Waals surface area contributed by atoms with Gasteiger partial charge >= 0.3 is 0 Å². The van der Waals surface area contributed by atoms with Gasteiger partial charge in [0.2, 0.25) is 0 Å². The third kappa shape index (κ3) is 2.82. The quantitative estimate of drug-likeness (QED) is 0.646. The van der Waals surface area contributed by atoms with E-state index in [1.54, 1.807) is 5.30 Å². The summed E-state index contributed by atoms with van der Waals surface area (Å²) in [6, 6.07) is 8.99. The third-order valence-corrected chi connectivity index (χ3v) is 5.59. The molecule has 0 fully saturated rings. The van der Waals surface area contributed by atoms with Crippen molar-refractivity contribution in [1.29, 1.82) is 0 Å². The first kappa shape index (κ1) is 11.7. The van der Waals surface area contributed by atoms with Crippen LogP contribution < -0.4 is 5.30 Å². The summed E-state index contributed by atoms with van der Waals surface area (Å²) < 4.78 is 0. The van der Waals surface area contributed by atoms with Crippen molar-refractivity contribution in [3.05, 3.63) is 29.8 Å². The van der Waals surface area contributed by atoms with E-state index < -0.39 is 0 Å². The average Bonchev–Trinajstić information content (AvgIpc) is 2.02. The highest BCUT2D eigenvalue weighted by Crippen LogP contribution is 2.47. The number of aryl methyl sites for hydroxylation is 1. The summed E-state index contributed by atoms with van der Waals surface area (Å²) in [5.74, 6) is 0. The maximum atomic E-state index is 2.35. The molecule has 1 aromatic rings. The molecule has 1 aromatic carbocycles. The van der Waals surface area contributed by atoms with E-state index in [-0.39, 0.29) is 7.92 Å². The summed E-state index contributed by atoms with van der Waals surface area (Å²) in [6.45, 7) is 11.5. The maximum Gasteiger partial charge on any atom is -0.0139 e. The van der Waals surface area contributed by atoms with Crippen LogP contribution in [0.2, 0.25) is 0 Å². The minimum atomic E-state index is -0.0108. The van der Waals surface area contributed by atoms with Crippen LogP contribution in [0.4, 0.5) is 0 Å². The summed E-state index contributed by atoms with van der Waals surface area (Å²) >= 11 is 0. The molecule has 14 heavy (non-hydrogen) atoms. The van der Waals surface area contributed by atoms with Crippen LogP contribution in [0.5, 0.6) is 0 Å². The zero-order valence-corrected chi connectivity index (χ0v) is 10.9. The van der Waals surface area contributed by atoms with Gasteiger partial charge in [-0.2, -0.15) is 0 Å². The van der Waals surface area contributed by atoms with Crippen LogP contribution in [0.3, 0.4) is 0 Å². The second-order valence-corrected chi connectivity index (χ2v) is 8.10. The zero-order valence-electron chi connectivity index (χ0n) is 9.96. The summed E-state index contributed by atoms with van der Waals surface area (Å²) in [4.78, 5) is 0. The Bertz CT molecular complexity index is 296. The molecule has 0 amide bonds. The number of hydrogen-bond donors (Lipinski definition) is 0. The first-order valence-electron chi connectivity index (χ1n) is 5.29. The van der Waals surface area contributed by atoms with Crippen molar-refractivity contribution in [2.45, 2.75) is 39.8 Å². The molecule has 1 unspecified atom stereocenters. The smallest absolute Gasteiger partial charge is 0.0139 e. The second kappa shape index (κ2) is 4.45. The van der Waals surface area contributed by atoms with Gasteiger partial charge in [0.05, 0.1) is 0 Å². The molecule has 0 heterocycles. The van der Waals surface area contributed by atoms with Gasteiger partial charge in [-0.05, 0) is 23.5 Å². The maximum absolute atomic E-state index is 2.35. The van der Waals surface area contributed by atoms with Crippen LogP contribution >= 0.6 is 7.92 Å². The van der Waals surface area contributed by atoms with Gasteiger partial charge in [-0.25, -0.2) is 0 Å². The van der Waals surface area contributed by atoms with Crippen molar-refractivity contribution >= 4 is 13.2 Å². The highest BCUT2D eigenvalue weighted by molar-refractivity contribution is 7.67. The Morgan fingerprint density at radius 1 is 1.21 bits per heavy atom. The van der Waals surface area contributed by atoms with Crippen LogP contribution in [-0.4, -0.2) is 11.3 Å². The number of rotatable bonds is 2. The Hall–Kier alpha value is -0.350. The molecule has 0 bridgehead atoms. The van der Waals surface area contributed by atoms with Crippen molar-refractivity contribution < 1.29 is 0 Å². The molecule has 1 heteroatoms. The lowest BCUT2D eigenvalue weighted by molar-refractivity contribution is 0.787. The van der Waals surface area contributed by atoms with Gasteiger partial charge in [0.15, 0.2) is 0 Å². The third-order valence-electron chi connectivity index (χ3n) is 2.44. The fraction of sp³-hybridized carbons (Fsp3) is 0.538. The molecule has 0 radical (unpaired) electrons. The van der Waals surface area contributed by atoms with E-state index in [1.807, 2.05) is 0 Å². The molecule has 0 aliphatic carbocycles. The van der Waals surface area contributed by atoms with E-state index in [0.717, 1.165) is 0 Å². The Balaban J connectivity index is 3.01. The van der Waals surface area contributed by atoms with E-state index in [9.17, 15) is 0 Å². The van der Waals surface area contributed by atoms with Gasteiger partial charge < -0.3 is 0 Å². The molecule has 0 spiro atoms. The second-order valence-electron chi connectivity index (χ2n) is 4.75. The molecule has 0 aromatic heterocycles. The van der Waals surface area contributed by atoms with Gasteiger partial charge in [-0.15, -0.1) is 0 Å². The minimum absolute atomic E-state index is 0.0108. The van der Waals surface area contributed by atoms with Crippen LogP contribution in [0.25, 0.3) is 0 Å². The average molecular weight is 208 g/mol. The predicted octanol–water partition coefficient (Wildman–Crippen LogP) is 3.92. The highest BCUT2D eigenvalue weighted by atomic mass is 31.1. The number of benzene rings is 1. The number of hydrogen-bond acceptors (Lipinski definition) is 0. The minimum Gasteiger partial charge on any atom is -0.0701 e. The lowest BCUT2D eigenvalue weighted by Crippen LogP contribution is -2.20. The standard InChI is InChI=1S/C13H21P/c1-6-14(13(3,4)5)12-9-7-8-11(2)10-12/h7-10H,6H2,1-5H3. The first-order chi connectivity index (χ1) is 6.45. The first-order valence-corrected chi connectivity index (χ1v) is 6.82. The van der Waals surface area contributed by atoms with E-state index >= 15 is 0 Å². The van der Waals surface area contributed by atoms with Gasteiger partial charge in [0, 0.05) is 0 Å². The zero-order chi connectivity index (χ0) is 10.8. The molecule has 1 atom stereocenters. The topological polar surface area (TPSA) is 0 Å². The molecule has 78 valence electrons. The SMILES string of the molecule is CCP(c1cccc(C)c1)C(C)(C)C. The Labute approximate surface area is 89.5 Å². The fourth-order valence-electron chi connectivity index (χ4n) is 1.84. The lowest BCUT2D eigenvalue weighted by Gasteiger charge is -2.31. The molecular formula is C13H21P. The molecule has 0 aliphatic rings. The van der Waals surface area contributed by atoms with Gasteiger partial charge in [-0.1, -0.05) is 65.4 Å². The Morgan fingerprint density at radius 2 is 1.86 bits per heavy atom. The van der Waals surface area contributed by atoms with Crippen molar-refractivity contribution in [2.24, 2.45) is 0 Å². The van der Waals surface area contributed by atoms with Crippen LogP contribution in [-0.2, 0) is 0 Å². The molecule has 0 nitrogen and oxygen atoms in total. The van der Waals surface area contributed by atoms with Crippen LogP contribution in [0, 0.1) is 6.92 Å². The van der Waals surface area contributed by atoms with Crippen molar-refractivity contribution in [3.63, 3.8) is 0 Å². The molecule has 0 saturated carbocycles. The molecule has 1 rings (SSSR count). The van der Waals surface area contributed by atoms with E-state index in [0.29, 0.717) is 5.16 Å². The summed E-state index contributed by atoms with van der Waals surface area (Å²) in [5.41, 5.74) is 1.38. The summed E-state index contributed by atoms with van der Waals surface area (Å²) in [5, 5.41) is 1.98. The normalized spacial score (nSPS) is 14.1. The highest BCUT2D eigenvalue weighted by Gasteiger charge is 2.23. The Kier molecular flexibility index (Phi) is 3.72. The van der Waals surface area contributed by atoms with Gasteiger partial charge in [-0.3, -0.25) is 0 Å².